The molecule has 1 aliphatic rings. The summed E-state index contributed by atoms with van der Waals surface area (Å²) in [5.41, 5.74) is 1.36. The van der Waals surface area contributed by atoms with Gasteiger partial charge in [0, 0.05) is 11.8 Å². The van der Waals surface area contributed by atoms with Gasteiger partial charge in [-0.2, -0.15) is 0 Å². The number of hydrogen-bond donors (Lipinski definition) is 2. The number of amides is 1. The van der Waals surface area contributed by atoms with Crippen molar-refractivity contribution in [1.82, 2.24) is 10.2 Å². The highest BCUT2D eigenvalue weighted by Gasteiger charge is 2.13. The summed E-state index contributed by atoms with van der Waals surface area (Å²) in [6, 6.07) is 14.7. The van der Waals surface area contributed by atoms with Crippen molar-refractivity contribution in [1.29, 1.82) is 0 Å². The Labute approximate surface area is 154 Å². The highest BCUT2D eigenvalue weighted by atomic mass is 19.1. The van der Waals surface area contributed by atoms with Crippen molar-refractivity contribution in [3.05, 3.63) is 66.0 Å². The van der Waals surface area contributed by atoms with Crippen molar-refractivity contribution in [2.24, 2.45) is 0 Å². The van der Waals surface area contributed by atoms with Gasteiger partial charge in [-0.1, -0.05) is 12.1 Å². The Hall–Kier alpha value is -3.68. The van der Waals surface area contributed by atoms with E-state index in [0.29, 0.717) is 28.7 Å². The molecular formula is C19H15FN4O3. The third kappa shape index (κ3) is 4.12. The quantitative estimate of drug-likeness (QED) is 0.721. The number of nitrogens with zero attached hydrogens (tertiary/aromatic N) is 2. The van der Waals surface area contributed by atoms with Gasteiger partial charge in [-0.05, 0) is 42.0 Å². The summed E-state index contributed by atoms with van der Waals surface area (Å²) in [6.07, 6.45) is 0.0522. The van der Waals surface area contributed by atoms with Gasteiger partial charge in [0.25, 0.3) is 0 Å². The number of benzene rings is 2. The maximum absolute atomic E-state index is 13.2. The Balaban J connectivity index is 1.36. The lowest BCUT2D eigenvalue weighted by atomic mass is 10.1. The van der Waals surface area contributed by atoms with Crippen molar-refractivity contribution in [2.75, 3.05) is 17.4 Å². The molecule has 0 radical (unpaired) electrons. The first-order valence-corrected chi connectivity index (χ1v) is 8.20. The minimum absolute atomic E-state index is 0.0522. The second-order valence-corrected chi connectivity index (χ2v) is 5.85. The van der Waals surface area contributed by atoms with Crippen LogP contribution in [-0.2, 0) is 11.2 Å². The monoisotopic (exact) mass is 366 g/mol. The molecule has 2 N–H and O–H groups in total. The molecule has 0 aliphatic carbocycles. The van der Waals surface area contributed by atoms with Crippen LogP contribution in [0.15, 0.2) is 54.6 Å². The Morgan fingerprint density at radius 1 is 1.00 bits per heavy atom. The van der Waals surface area contributed by atoms with Crippen LogP contribution in [0.1, 0.15) is 5.56 Å². The fourth-order valence-electron chi connectivity index (χ4n) is 2.61. The van der Waals surface area contributed by atoms with Crippen LogP contribution in [0.3, 0.4) is 0 Å². The molecular weight excluding hydrogens is 351 g/mol. The molecule has 0 unspecified atom stereocenters. The molecule has 27 heavy (non-hydrogen) atoms. The Kier molecular flexibility index (Phi) is 4.52. The number of aromatic nitrogens is 2. The molecule has 0 spiro atoms. The van der Waals surface area contributed by atoms with Gasteiger partial charge >= 0.3 is 0 Å². The molecule has 0 saturated heterocycles. The number of fused-ring (bicyclic) bond motifs is 1. The number of ether oxygens (including phenoxy) is 2. The second-order valence-electron chi connectivity index (χ2n) is 5.85. The van der Waals surface area contributed by atoms with Crippen LogP contribution in [0.5, 0.6) is 11.5 Å². The standard InChI is InChI=1S/C19H15FN4O3/c20-13-3-1-2-12(8-13)9-19(25)22-18-7-6-17(23-24-18)21-14-4-5-15-16(10-14)27-11-26-15/h1-8,10H,9,11H2,(H,21,23)(H,22,24,25). The average Bonchev–Trinajstić information content (AvgIpc) is 3.11. The van der Waals surface area contributed by atoms with Crippen LogP contribution in [0.4, 0.5) is 21.7 Å². The summed E-state index contributed by atoms with van der Waals surface area (Å²) in [6.45, 7) is 0.211. The zero-order valence-electron chi connectivity index (χ0n) is 14.1. The normalized spacial score (nSPS) is 11.9. The van der Waals surface area contributed by atoms with Crippen molar-refractivity contribution in [2.45, 2.75) is 6.42 Å². The highest BCUT2D eigenvalue weighted by molar-refractivity contribution is 5.91. The molecule has 1 aromatic heterocycles. The van der Waals surface area contributed by atoms with E-state index in [0.717, 1.165) is 5.69 Å². The first kappa shape index (κ1) is 16.8. The number of anilines is 3. The summed E-state index contributed by atoms with van der Waals surface area (Å²) in [5, 5.41) is 13.7. The molecule has 2 aromatic carbocycles. The molecule has 2 heterocycles. The van der Waals surface area contributed by atoms with Crippen LogP contribution in [0.25, 0.3) is 0 Å². The lowest BCUT2D eigenvalue weighted by Crippen LogP contribution is -2.15. The van der Waals surface area contributed by atoms with E-state index in [-0.39, 0.29) is 24.9 Å². The van der Waals surface area contributed by atoms with E-state index in [9.17, 15) is 9.18 Å². The van der Waals surface area contributed by atoms with Crippen molar-refractivity contribution < 1.29 is 18.7 Å². The largest absolute Gasteiger partial charge is 0.454 e. The molecule has 0 saturated carbocycles. The van der Waals surface area contributed by atoms with E-state index >= 15 is 0 Å². The lowest BCUT2D eigenvalue weighted by Gasteiger charge is -2.07. The summed E-state index contributed by atoms with van der Waals surface area (Å²) < 4.78 is 23.8. The first-order valence-electron chi connectivity index (χ1n) is 8.20. The van der Waals surface area contributed by atoms with Gasteiger partial charge < -0.3 is 20.1 Å². The maximum Gasteiger partial charge on any atom is 0.231 e. The van der Waals surface area contributed by atoms with Gasteiger partial charge in [-0.3, -0.25) is 4.79 Å². The molecule has 3 aromatic rings. The Morgan fingerprint density at radius 3 is 2.63 bits per heavy atom. The zero-order valence-corrected chi connectivity index (χ0v) is 14.1. The topological polar surface area (TPSA) is 85.4 Å². The molecule has 1 aliphatic heterocycles. The van der Waals surface area contributed by atoms with Gasteiger partial charge in [0.2, 0.25) is 12.7 Å². The number of halogens is 1. The van der Waals surface area contributed by atoms with E-state index in [4.69, 9.17) is 9.47 Å². The van der Waals surface area contributed by atoms with E-state index in [2.05, 4.69) is 20.8 Å². The van der Waals surface area contributed by atoms with Crippen LogP contribution in [-0.4, -0.2) is 22.9 Å². The third-order valence-electron chi connectivity index (χ3n) is 3.83. The molecule has 4 rings (SSSR count). The Bertz CT molecular complexity index is 979. The third-order valence-corrected chi connectivity index (χ3v) is 3.83. The summed E-state index contributed by atoms with van der Waals surface area (Å²) >= 11 is 0. The number of nitrogens with one attached hydrogen (secondary N) is 2. The SMILES string of the molecule is O=C(Cc1cccc(F)c1)Nc1ccc(Nc2ccc3c(c2)OCO3)nn1. The van der Waals surface area contributed by atoms with E-state index in [1.165, 1.54) is 12.1 Å². The van der Waals surface area contributed by atoms with Crippen LogP contribution in [0, 0.1) is 5.82 Å². The van der Waals surface area contributed by atoms with Crippen molar-refractivity contribution in [3.8, 4) is 11.5 Å². The maximum atomic E-state index is 13.2. The predicted molar refractivity (Wildman–Crippen MR) is 96.6 cm³/mol. The number of carbonyl (C=O) groups excluding carboxylic acids is 1. The van der Waals surface area contributed by atoms with E-state index < -0.39 is 0 Å². The first-order chi connectivity index (χ1) is 13.2. The van der Waals surface area contributed by atoms with E-state index in [1.807, 2.05) is 6.07 Å². The highest BCUT2D eigenvalue weighted by Crippen LogP contribution is 2.34. The summed E-state index contributed by atoms with van der Waals surface area (Å²) in [7, 11) is 0. The van der Waals surface area contributed by atoms with Gasteiger partial charge in [0.1, 0.15) is 5.82 Å². The van der Waals surface area contributed by atoms with Gasteiger partial charge in [-0.15, -0.1) is 10.2 Å². The van der Waals surface area contributed by atoms with Crippen LogP contribution in [0.2, 0.25) is 0 Å². The lowest BCUT2D eigenvalue weighted by molar-refractivity contribution is -0.115. The smallest absolute Gasteiger partial charge is 0.231 e. The summed E-state index contributed by atoms with van der Waals surface area (Å²) in [5.74, 6) is 1.51. The fourth-order valence-corrected chi connectivity index (χ4v) is 2.61. The fraction of sp³-hybridized carbons (Fsp3) is 0.105. The molecule has 0 bridgehead atoms. The van der Waals surface area contributed by atoms with Crippen LogP contribution >= 0.6 is 0 Å². The zero-order chi connectivity index (χ0) is 18.6. The van der Waals surface area contributed by atoms with Gasteiger partial charge in [0.05, 0.1) is 6.42 Å². The number of carbonyl (C=O) groups is 1. The number of hydrogen-bond acceptors (Lipinski definition) is 6. The molecule has 0 fully saturated rings. The average molecular weight is 366 g/mol. The van der Waals surface area contributed by atoms with E-state index in [1.54, 1.807) is 36.4 Å². The van der Waals surface area contributed by atoms with Gasteiger partial charge in [0.15, 0.2) is 23.1 Å². The van der Waals surface area contributed by atoms with Crippen LogP contribution < -0.4 is 20.1 Å². The molecule has 1 amide bonds. The molecule has 8 heteroatoms. The Morgan fingerprint density at radius 2 is 1.81 bits per heavy atom. The van der Waals surface area contributed by atoms with Crippen molar-refractivity contribution >= 4 is 23.2 Å². The molecule has 7 nitrogen and oxygen atoms in total. The van der Waals surface area contributed by atoms with Crippen molar-refractivity contribution in [3.63, 3.8) is 0 Å². The summed E-state index contributed by atoms with van der Waals surface area (Å²) in [4.78, 5) is 12.0. The molecule has 0 atom stereocenters. The second kappa shape index (κ2) is 7.28. The van der Waals surface area contributed by atoms with Gasteiger partial charge in [-0.25, -0.2) is 4.39 Å². The minimum Gasteiger partial charge on any atom is -0.454 e. The minimum atomic E-state index is -0.376. The molecule has 136 valence electrons. The predicted octanol–water partition coefficient (Wildman–Crippen LogP) is 3.27. The number of rotatable bonds is 5.